The van der Waals surface area contributed by atoms with Gasteiger partial charge in [-0.2, -0.15) is 23.9 Å². The summed E-state index contributed by atoms with van der Waals surface area (Å²) in [6, 6.07) is 6.89. The molecule has 0 atom stereocenters. The zero-order valence-electron chi connectivity index (χ0n) is 29.6. The molecule has 1 aromatic heterocycles. The van der Waals surface area contributed by atoms with E-state index in [2.05, 4.69) is 35.7 Å². The summed E-state index contributed by atoms with van der Waals surface area (Å²) >= 11 is 5.73. The maximum atomic E-state index is 13.7. The number of hydrogen-bond donors (Lipinski definition) is 3. The van der Waals surface area contributed by atoms with Crippen LogP contribution in [0.5, 0.6) is 5.75 Å². The van der Waals surface area contributed by atoms with Crippen LogP contribution in [0.2, 0.25) is 5.02 Å². The number of hydrogen-bond acceptors (Lipinski definition) is 21. The Morgan fingerprint density at radius 1 is 0.690 bits per heavy atom. The summed E-state index contributed by atoms with van der Waals surface area (Å²) in [5.41, 5.74) is 1.82. The predicted molar refractivity (Wildman–Crippen MR) is 173 cm³/mol. The number of benzene rings is 4. The Bertz CT molecular complexity index is 2940. The van der Waals surface area contributed by atoms with Crippen molar-refractivity contribution in [3.8, 4) is 5.75 Å². The first-order valence-corrected chi connectivity index (χ1v) is 19.6. The summed E-state index contributed by atoms with van der Waals surface area (Å²) in [6.45, 7) is 0. The van der Waals surface area contributed by atoms with Gasteiger partial charge in [0.05, 0.1) is 36.3 Å². The summed E-state index contributed by atoms with van der Waals surface area (Å²) in [4.78, 5) is 1.03. The number of fused-ring (bicyclic) bond motifs is 1. The minimum atomic E-state index is -5.73. The number of nitrogen functional groups attached to an aromatic ring is 1. The molecular weight excluding hydrogens is 958 g/mol. The van der Waals surface area contributed by atoms with Crippen molar-refractivity contribution in [1.82, 2.24) is 9.97 Å². The zero-order chi connectivity index (χ0) is 40.1. The van der Waals surface area contributed by atoms with Crippen LogP contribution in [0.1, 0.15) is 0 Å². The number of anilines is 3. The van der Waals surface area contributed by atoms with Gasteiger partial charge in [0.15, 0.2) is 11.6 Å². The normalized spacial score (nSPS) is 12.1. The van der Waals surface area contributed by atoms with E-state index < -0.39 is 122 Å². The van der Waals surface area contributed by atoms with Gasteiger partial charge in [-0.3, -0.25) is 0 Å². The van der Waals surface area contributed by atoms with Crippen LogP contribution in [0.25, 0.3) is 10.8 Å². The zero-order valence-corrected chi connectivity index (χ0v) is 43.8. The maximum absolute atomic E-state index is 13.7. The van der Waals surface area contributed by atoms with E-state index in [1.165, 1.54) is 24.3 Å². The second kappa shape index (κ2) is 21.5. The average molecular weight is 971 g/mol. The van der Waals surface area contributed by atoms with Gasteiger partial charge >= 0.3 is 168 Å². The van der Waals surface area contributed by atoms with Gasteiger partial charge in [0, 0.05) is 5.69 Å². The number of aromatic nitrogens is 2. The number of nitrogens with one attached hydrogen (secondary N) is 1. The van der Waals surface area contributed by atoms with Crippen molar-refractivity contribution in [2.45, 2.75) is 19.6 Å². The average Bonchev–Trinajstić information content (AvgIpc) is 3.04. The van der Waals surface area contributed by atoms with Crippen molar-refractivity contribution >= 4 is 103 Å². The number of azo groups is 2. The molecule has 0 spiro atoms. The minimum Gasteiger partial charge on any atom is -0.744 e. The van der Waals surface area contributed by atoms with Crippen LogP contribution in [0.15, 0.2) is 94.6 Å². The van der Waals surface area contributed by atoms with E-state index in [0.717, 1.165) is 0 Å². The van der Waals surface area contributed by atoms with Gasteiger partial charge in [-0.05, 0) is 60.0 Å². The van der Waals surface area contributed by atoms with E-state index in [1.54, 1.807) is 0 Å². The Kier molecular flexibility index (Phi) is 20.7. The smallest absolute Gasteiger partial charge is 0.744 e. The van der Waals surface area contributed by atoms with Crippen LogP contribution >= 0.6 is 11.6 Å². The molecule has 5 rings (SSSR count). The molecule has 21 nitrogen and oxygen atoms in total. The van der Waals surface area contributed by atoms with Crippen molar-refractivity contribution in [2.24, 2.45) is 20.5 Å². The third-order valence-electron chi connectivity index (χ3n) is 6.78. The molecule has 0 amide bonds. The van der Waals surface area contributed by atoms with Gasteiger partial charge in [0.2, 0.25) is 5.95 Å². The van der Waals surface area contributed by atoms with Crippen molar-refractivity contribution in [3.63, 3.8) is 0 Å². The van der Waals surface area contributed by atoms with E-state index in [4.69, 9.17) is 17.3 Å². The molecule has 0 aliphatic carbocycles. The van der Waals surface area contributed by atoms with Gasteiger partial charge in [0.1, 0.15) is 62.6 Å². The van der Waals surface area contributed by atoms with Crippen molar-refractivity contribution < 1.29 is 228 Å². The van der Waals surface area contributed by atoms with E-state index in [-0.39, 0.29) is 179 Å². The van der Waals surface area contributed by atoms with Crippen molar-refractivity contribution in [1.29, 1.82) is 0 Å². The van der Waals surface area contributed by atoms with Crippen molar-refractivity contribution in [3.05, 3.63) is 71.6 Å². The molecule has 284 valence electrons. The van der Waals surface area contributed by atoms with Crippen LogP contribution in [0, 0.1) is 12.0 Å². The summed E-state index contributed by atoms with van der Waals surface area (Å²) in [5.74, 6) is -3.18. The largest absolute Gasteiger partial charge is 1.00 e. The summed E-state index contributed by atoms with van der Waals surface area (Å²) in [6.07, 6.45) is -1.43. The summed E-state index contributed by atoms with van der Waals surface area (Å²) in [7, 11) is -22.1. The monoisotopic (exact) mass is 970 g/mol. The molecule has 0 saturated heterocycles. The first-order chi connectivity index (χ1) is 24.9. The maximum Gasteiger partial charge on any atom is 1.00 e. The number of aromatic hydroxyl groups is 1. The second-order valence-electron chi connectivity index (χ2n) is 10.3. The van der Waals surface area contributed by atoms with E-state index in [0.29, 0.717) is 24.3 Å². The van der Waals surface area contributed by atoms with Gasteiger partial charge in [0.25, 0.3) is 0 Å². The molecule has 32 heteroatoms. The van der Waals surface area contributed by atoms with Gasteiger partial charge < -0.3 is 34.4 Å². The quantitative estimate of drug-likeness (QED) is 0.0292. The molecule has 1 heterocycles. The molecule has 0 fully saturated rings. The molecule has 0 aliphatic rings. The predicted octanol–water partition coefficient (Wildman–Crippen LogP) is -7.94. The second-order valence-corrected chi connectivity index (χ2v) is 16.1. The Morgan fingerprint density at radius 2 is 1.21 bits per heavy atom. The Hall–Kier alpha value is -0.117. The van der Waals surface area contributed by atoms with Gasteiger partial charge in [-0.25, -0.2) is 33.7 Å². The number of nitrogens with two attached hydrogens (primary N) is 1. The van der Waals surface area contributed by atoms with Crippen LogP contribution in [0.3, 0.4) is 0 Å². The standard InChI is InChI=1S/C26H17ClF2N8O13S4.2K.2Na/c27-19-24(28)32-26(29)33-25(19)31-11-1-3-12(4-2-11)34-36-21-16(53(45,46)47)7-10-8-17(54(48,49)50)22(23(38)18(10)20(21)30)37-35-14-9-13(51(39,40)41)5-6-15(14)52(42,43)44;;;;/h1-9,38H,30H2,(H,31,32,33)(H,39,40,41)(H,42,43,44)(H,45,46,47)(H,48,49,50);;;;/q;4*+1/p-4. The molecule has 4 aromatic carbocycles. The van der Waals surface area contributed by atoms with Crippen LogP contribution < -0.4 is 173 Å². The molecule has 0 aliphatic heterocycles. The Labute approximate surface area is 460 Å². The first kappa shape index (κ1) is 55.9. The fourth-order valence-corrected chi connectivity index (χ4v) is 6.99. The minimum absolute atomic E-state index is 0. The molecule has 0 bridgehead atoms. The van der Waals surface area contributed by atoms with E-state index in [9.17, 15) is 65.8 Å². The van der Waals surface area contributed by atoms with Gasteiger partial charge in [-0.15, -0.1) is 15.3 Å². The fourth-order valence-electron chi connectivity index (χ4n) is 4.47. The number of phenolic OH excluding ortho intramolecular Hbond substituents is 1. The Balaban J connectivity index is 0.00000420. The van der Waals surface area contributed by atoms with Crippen LogP contribution in [-0.2, 0) is 40.5 Å². The molecule has 0 unspecified atom stereocenters. The number of rotatable bonds is 10. The fraction of sp³-hybridized carbons (Fsp3) is 0. The third kappa shape index (κ3) is 13.2. The van der Waals surface area contributed by atoms with Crippen LogP contribution in [0.4, 0.5) is 48.7 Å². The van der Waals surface area contributed by atoms with E-state index >= 15 is 0 Å². The Morgan fingerprint density at radius 3 is 1.72 bits per heavy atom. The molecule has 0 radical (unpaired) electrons. The molecule has 0 saturated carbocycles. The topological polar surface area (TPSA) is 362 Å². The van der Waals surface area contributed by atoms with Gasteiger partial charge in [-0.1, -0.05) is 11.6 Å². The van der Waals surface area contributed by atoms with E-state index in [1.807, 2.05) is 0 Å². The van der Waals surface area contributed by atoms with Crippen molar-refractivity contribution in [2.75, 3.05) is 11.1 Å². The molecule has 4 N–H and O–H groups in total. The number of phenols is 1. The molecular formula is C26H13ClF2K2N8Na2O13S4. The van der Waals surface area contributed by atoms with Crippen LogP contribution in [-0.4, -0.2) is 67.0 Å². The first-order valence-electron chi connectivity index (χ1n) is 13.5. The molecule has 5 aromatic rings. The molecule has 58 heavy (non-hydrogen) atoms. The number of nitrogens with zero attached hydrogens (tertiary/aromatic N) is 6. The summed E-state index contributed by atoms with van der Waals surface area (Å²) in [5, 5.41) is 25.6. The third-order valence-corrected chi connectivity index (χ3v) is 10.5. The number of halogens is 3. The SMILES string of the molecule is Nc1c(N=Nc2ccc(Nc3nc(F)nc(F)c3Cl)cc2)c(S(=O)(=O)[O-])cc2cc(S(=O)(=O)[O-])c(N=Nc3cc(S(=O)(=O)[O-])ccc3S(=O)(=O)[O-])c(O)c12.[K+].[K+].[Na+].[Na+]. The summed E-state index contributed by atoms with van der Waals surface area (Å²) < 4.78 is 170.